The summed E-state index contributed by atoms with van der Waals surface area (Å²) in [4.78, 5) is 12.3. The third-order valence-corrected chi connectivity index (χ3v) is 5.16. The van der Waals surface area contributed by atoms with Crippen LogP contribution in [0, 0.1) is 6.92 Å². The van der Waals surface area contributed by atoms with E-state index in [4.69, 9.17) is 0 Å². The van der Waals surface area contributed by atoms with Crippen LogP contribution in [-0.4, -0.2) is 23.8 Å². The summed E-state index contributed by atoms with van der Waals surface area (Å²) in [6.45, 7) is 8.28. The van der Waals surface area contributed by atoms with Crippen LogP contribution in [-0.2, 0) is 11.2 Å². The summed E-state index contributed by atoms with van der Waals surface area (Å²) < 4.78 is 0. The second kappa shape index (κ2) is 10.2. The molecule has 1 N–H and O–H groups in total. The van der Waals surface area contributed by atoms with E-state index in [1.807, 2.05) is 13.0 Å². The Morgan fingerprint density at radius 3 is 2.58 bits per heavy atom. The summed E-state index contributed by atoms with van der Waals surface area (Å²) in [6, 6.07) is 16.7. The smallest absolute Gasteiger partial charge is 0.154 e. The van der Waals surface area contributed by atoms with Gasteiger partial charge in [0.15, 0.2) is 5.78 Å². The second-order valence-electron chi connectivity index (χ2n) is 6.60. The minimum Gasteiger partial charge on any atom is -0.375 e. The largest absolute Gasteiger partial charge is 0.375 e. The summed E-state index contributed by atoms with van der Waals surface area (Å²) in [5.41, 5.74) is 5.68. The lowest BCUT2D eigenvalue weighted by molar-refractivity contribution is -0.120. The number of carbonyl (C=O) groups is 1. The Morgan fingerprint density at radius 2 is 1.92 bits per heavy atom. The number of rotatable bonds is 10. The van der Waals surface area contributed by atoms with E-state index in [1.54, 1.807) is 11.8 Å². The molecular formula is C23H29NOS. The topological polar surface area (TPSA) is 29.1 Å². The van der Waals surface area contributed by atoms with Gasteiger partial charge in [-0.1, -0.05) is 67.6 Å². The molecule has 138 valence electrons. The molecule has 0 fully saturated rings. The van der Waals surface area contributed by atoms with Crippen molar-refractivity contribution in [2.24, 2.45) is 0 Å². The quantitative estimate of drug-likeness (QED) is 0.622. The summed E-state index contributed by atoms with van der Waals surface area (Å²) in [5.74, 6) is 1.21. The third-order valence-electron chi connectivity index (χ3n) is 4.52. The Kier molecular flexibility index (Phi) is 7.99. The molecule has 26 heavy (non-hydrogen) atoms. The molecule has 0 aliphatic rings. The molecule has 0 aliphatic carbocycles. The number of carbonyl (C=O) groups excluding carboxylic acids is 1. The molecule has 0 saturated heterocycles. The Labute approximate surface area is 162 Å². The van der Waals surface area contributed by atoms with E-state index in [1.165, 1.54) is 16.7 Å². The fourth-order valence-corrected chi connectivity index (χ4v) is 3.53. The van der Waals surface area contributed by atoms with Crippen molar-refractivity contribution < 1.29 is 4.79 Å². The first kappa shape index (κ1) is 20.3. The molecule has 1 unspecified atom stereocenters. The zero-order chi connectivity index (χ0) is 18.9. The van der Waals surface area contributed by atoms with Crippen LogP contribution in [0.1, 0.15) is 42.0 Å². The van der Waals surface area contributed by atoms with Crippen LogP contribution in [0.25, 0.3) is 5.70 Å². The number of ketones is 1. The van der Waals surface area contributed by atoms with Gasteiger partial charge in [-0.15, -0.1) is 0 Å². The van der Waals surface area contributed by atoms with E-state index < -0.39 is 0 Å². The van der Waals surface area contributed by atoms with Crippen molar-refractivity contribution in [3.63, 3.8) is 0 Å². The molecule has 0 amide bonds. The molecule has 3 heteroatoms. The van der Waals surface area contributed by atoms with Gasteiger partial charge in [0.05, 0.1) is 6.04 Å². The highest BCUT2D eigenvalue weighted by Crippen LogP contribution is 2.22. The number of thioether (sulfide) groups is 1. The first-order valence-electron chi connectivity index (χ1n) is 9.16. The number of Topliss-reactive ketones (excluding diaryl/α,β-unsaturated/α-hetero) is 1. The number of nitrogens with one attached hydrogen (secondary N) is 1. The van der Waals surface area contributed by atoms with Gasteiger partial charge in [0.2, 0.25) is 0 Å². The summed E-state index contributed by atoms with van der Waals surface area (Å²) >= 11 is 1.77. The molecule has 0 heterocycles. The van der Waals surface area contributed by atoms with E-state index in [0.717, 1.165) is 29.9 Å². The van der Waals surface area contributed by atoms with Crippen LogP contribution in [0.2, 0.25) is 0 Å². The van der Waals surface area contributed by atoms with Gasteiger partial charge in [-0.25, -0.2) is 0 Å². The Bertz CT molecular complexity index is 739. The van der Waals surface area contributed by atoms with Gasteiger partial charge in [0.1, 0.15) is 0 Å². The van der Waals surface area contributed by atoms with Crippen LogP contribution < -0.4 is 5.32 Å². The monoisotopic (exact) mass is 367 g/mol. The van der Waals surface area contributed by atoms with Crippen molar-refractivity contribution in [2.75, 3.05) is 12.0 Å². The van der Waals surface area contributed by atoms with E-state index >= 15 is 0 Å². The van der Waals surface area contributed by atoms with Gasteiger partial charge in [-0.2, -0.15) is 11.8 Å². The van der Waals surface area contributed by atoms with Gasteiger partial charge >= 0.3 is 0 Å². The van der Waals surface area contributed by atoms with Crippen molar-refractivity contribution >= 4 is 23.2 Å². The second-order valence-corrected chi connectivity index (χ2v) is 7.59. The van der Waals surface area contributed by atoms with E-state index in [2.05, 4.69) is 67.5 Å². The minimum absolute atomic E-state index is 0.161. The number of aryl methyl sites for hydroxylation is 1. The summed E-state index contributed by atoms with van der Waals surface area (Å²) in [7, 11) is 0. The van der Waals surface area contributed by atoms with Crippen molar-refractivity contribution in [1.29, 1.82) is 0 Å². The van der Waals surface area contributed by atoms with Crippen LogP contribution in [0.4, 0.5) is 0 Å². The molecule has 0 saturated carbocycles. The summed E-state index contributed by atoms with van der Waals surface area (Å²) in [6.07, 6.45) is 4.30. The molecule has 2 aromatic rings. The van der Waals surface area contributed by atoms with Crippen LogP contribution in [0.5, 0.6) is 0 Å². The summed E-state index contributed by atoms with van der Waals surface area (Å²) in [5, 5.41) is 3.41. The number of hydrogen-bond acceptors (Lipinski definition) is 3. The molecule has 2 nitrogen and oxygen atoms in total. The zero-order valence-electron chi connectivity index (χ0n) is 16.0. The maximum Gasteiger partial charge on any atom is 0.154 e. The maximum absolute atomic E-state index is 12.3. The van der Waals surface area contributed by atoms with Crippen molar-refractivity contribution in [1.82, 2.24) is 5.32 Å². The zero-order valence-corrected chi connectivity index (χ0v) is 16.9. The van der Waals surface area contributed by atoms with E-state index in [0.29, 0.717) is 6.42 Å². The Hall–Kier alpha value is -2.00. The lowest BCUT2D eigenvalue weighted by atomic mass is 9.95. The molecule has 0 bridgehead atoms. The van der Waals surface area contributed by atoms with Crippen molar-refractivity contribution in [3.05, 3.63) is 77.4 Å². The average molecular weight is 368 g/mol. The van der Waals surface area contributed by atoms with Gasteiger partial charge in [0.25, 0.3) is 0 Å². The first-order chi connectivity index (χ1) is 12.5. The highest BCUT2D eigenvalue weighted by Gasteiger charge is 2.18. The van der Waals surface area contributed by atoms with Gasteiger partial charge in [-0.3, -0.25) is 4.79 Å². The van der Waals surface area contributed by atoms with Crippen molar-refractivity contribution in [2.45, 2.75) is 39.2 Å². The number of benzene rings is 2. The fourth-order valence-electron chi connectivity index (χ4n) is 3.06. The predicted molar refractivity (Wildman–Crippen MR) is 115 cm³/mol. The Balaban J connectivity index is 2.23. The SMILES string of the molecule is C=C(NC(CCSC)C(=O)CC)c1ccc(C)cc1Cc1ccccc1. The molecule has 2 rings (SSSR count). The fraction of sp³-hybridized carbons (Fsp3) is 0.348. The van der Waals surface area contributed by atoms with Crippen LogP contribution in [0.3, 0.4) is 0 Å². The minimum atomic E-state index is -0.161. The molecule has 0 aromatic heterocycles. The average Bonchev–Trinajstić information content (AvgIpc) is 2.65. The standard InChI is InChI=1S/C23H29NOS/c1-5-23(25)22(13-14-26-4)24-18(3)21-12-11-17(2)15-20(21)16-19-9-7-6-8-10-19/h6-12,15,22,24H,3,5,13-14,16H2,1-2,4H3. The lowest BCUT2D eigenvalue weighted by Crippen LogP contribution is -2.35. The lowest BCUT2D eigenvalue weighted by Gasteiger charge is -2.21. The Morgan fingerprint density at radius 1 is 1.19 bits per heavy atom. The molecule has 1 atom stereocenters. The van der Waals surface area contributed by atoms with Crippen molar-refractivity contribution in [3.8, 4) is 0 Å². The first-order valence-corrected chi connectivity index (χ1v) is 10.6. The normalized spacial score (nSPS) is 11.8. The molecule has 2 aromatic carbocycles. The maximum atomic E-state index is 12.3. The van der Waals surface area contributed by atoms with Crippen LogP contribution >= 0.6 is 11.8 Å². The van der Waals surface area contributed by atoms with Gasteiger partial charge in [0, 0.05) is 17.7 Å². The van der Waals surface area contributed by atoms with E-state index in [-0.39, 0.29) is 11.8 Å². The highest BCUT2D eigenvalue weighted by atomic mass is 32.2. The van der Waals surface area contributed by atoms with Gasteiger partial charge < -0.3 is 5.32 Å². The number of hydrogen-bond donors (Lipinski definition) is 1. The molecule has 0 spiro atoms. The predicted octanol–water partition coefficient (Wildman–Crippen LogP) is 5.25. The molecule has 0 aliphatic heterocycles. The van der Waals surface area contributed by atoms with Gasteiger partial charge in [-0.05, 0) is 42.9 Å². The third kappa shape index (κ3) is 5.77. The molecular weight excluding hydrogens is 338 g/mol. The van der Waals surface area contributed by atoms with Crippen LogP contribution in [0.15, 0.2) is 55.1 Å². The highest BCUT2D eigenvalue weighted by molar-refractivity contribution is 7.98. The van der Waals surface area contributed by atoms with E-state index in [9.17, 15) is 4.79 Å². The molecule has 0 radical (unpaired) electrons.